The van der Waals surface area contributed by atoms with Crippen LogP contribution in [0.1, 0.15) is 22.3 Å². The highest BCUT2D eigenvalue weighted by molar-refractivity contribution is 7.23. The molecule has 2 heterocycles. The predicted molar refractivity (Wildman–Crippen MR) is 156 cm³/mol. The molecule has 0 saturated carbocycles. The first-order valence-corrected chi connectivity index (χ1v) is 14.0. The van der Waals surface area contributed by atoms with E-state index in [0.717, 1.165) is 26.3 Å². The molecule has 2 nitrogen and oxygen atoms in total. The lowest BCUT2D eigenvalue weighted by molar-refractivity contribution is 0.768. The van der Waals surface area contributed by atoms with E-state index < -0.39 is 0 Å². The van der Waals surface area contributed by atoms with Crippen molar-refractivity contribution in [2.45, 2.75) is 5.41 Å². The van der Waals surface area contributed by atoms with Gasteiger partial charge in [-0.25, -0.2) is 9.97 Å². The van der Waals surface area contributed by atoms with Gasteiger partial charge in [-0.15, -0.1) is 22.7 Å². The Labute approximate surface area is 222 Å². The van der Waals surface area contributed by atoms with E-state index >= 15 is 0 Å². The number of benzene rings is 5. The van der Waals surface area contributed by atoms with Crippen LogP contribution in [0.4, 0.5) is 0 Å². The van der Waals surface area contributed by atoms with Gasteiger partial charge in [0.05, 0.1) is 25.8 Å². The fraction of sp³-hybridized carbons (Fsp3) is 0.0303. The Morgan fingerprint density at radius 2 is 1.24 bits per heavy atom. The van der Waals surface area contributed by atoms with Gasteiger partial charge in [-0.2, -0.15) is 0 Å². The number of fused-ring (bicyclic) bond motifs is 6. The summed E-state index contributed by atoms with van der Waals surface area (Å²) >= 11 is 3.41. The highest BCUT2D eigenvalue weighted by atomic mass is 32.1. The molecular formula is C33H20N2S2. The lowest BCUT2D eigenvalue weighted by Gasteiger charge is -2.33. The fourth-order valence-corrected chi connectivity index (χ4v) is 7.83. The van der Waals surface area contributed by atoms with Crippen molar-refractivity contribution in [2.24, 2.45) is 0 Å². The molecule has 8 rings (SSSR count). The zero-order valence-corrected chi connectivity index (χ0v) is 21.4. The third-order valence-electron chi connectivity index (χ3n) is 7.58. The number of hydrogen-bond acceptors (Lipinski definition) is 4. The fourth-order valence-electron chi connectivity index (χ4n) is 6.01. The van der Waals surface area contributed by atoms with Crippen LogP contribution in [0.2, 0.25) is 0 Å². The minimum atomic E-state index is -0.368. The first-order valence-electron chi connectivity index (χ1n) is 12.3. The monoisotopic (exact) mass is 508 g/mol. The number of rotatable bonds is 3. The van der Waals surface area contributed by atoms with Crippen molar-refractivity contribution in [1.29, 1.82) is 0 Å². The van der Waals surface area contributed by atoms with E-state index in [-0.39, 0.29) is 5.41 Å². The first-order chi connectivity index (χ1) is 18.3. The summed E-state index contributed by atoms with van der Waals surface area (Å²) in [6.07, 6.45) is 0. The maximum absolute atomic E-state index is 4.97. The molecule has 4 heteroatoms. The van der Waals surface area contributed by atoms with Crippen LogP contribution in [0.25, 0.3) is 42.1 Å². The van der Waals surface area contributed by atoms with Crippen LogP contribution in [-0.4, -0.2) is 9.97 Å². The van der Waals surface area contributed by atoms with Crippen LogP contribution in [0.3, 0.4) is 0 Å². The molecule has 0 N–H and O–H groups in total. The predicted octanol–water partition coefficient (Wildman–Crippen LogP) is 8.94. The van der Waals surface area contributed by atoms with Crippen LogP contribution in [0.15, 0.2) is 121 Å². The van der Waals surface area contributed by atoms with Gasteiger partial charge < -0.3 is 0 Å². The molecule has 1 aliphatic carbocycles. The van der Waals surface area contributed by atoms with E-state index in [9.17, 15) is 0 Å². The van der Waals surface area contributed by atoms with E-state index in [0.29, 0.717) is 0 Å². The molecule has 0 unspecified atom stereocenters. The summed E-state index contributed by atoms with van der Waals surface area (Å²) in [6, 6.07) is 41.9. The average molecular weight is 509 g/mol. The van der Waals surface area contributed by atoms with Gasteiger partial charge in [0.2, 0.25) is 0 Å². The van der Waals surface area contributed by atoms with E-state index in [1.54, 1.807) is 22.7 Å². The zero-order valence-electron chi connectivity index (χ0n) is 19.8. The van der Waals surface area contributed by atoms with Gasteiger partial charge in [-0.1, -0.05) is 103 Å². The second-order valence-corrected chi connectivity index (χ2v) is 11.3. The van der Waals surface area contributed by atoms with E-state index in [1.807, 2.05) is 5.51 Å². The molecule has 1 aliphatic rings. The van der Waals surface area contributed by atoms with Crippen LogP contribution in [-0.2, 0) is 5.41 Å². The zero-order chi connectivity index (χ0) is 24.4. The van der Waals surface area contributed by atoms with E-state index in [1.165, 1.54) is 38.1 Å². The standard InChI is InChI=1S/C33H20N2S2/c1-2-8-22(9-3-1)33(26-12-6-4-10-24(26)25-11-5-7-13-27(25)33)23-16-14-21(15-17-23)32-35-28-18-19-29-30(31(28)37-32)34-20-36-29/h1-20H. The Hall–Kier alpha value is -4.12. The molecule has 0 atom stereocenters. The van der Waals surface area contributed by atoms with E-state index in [4.69, 9.17) is 4.98 Å². The Morgan fingerprint density at radius 1 is 0.595 bits per heavy atom. The van der Waals surface area contributed by atoms with Gasteiger partial charge in [0.15, 0.2) is 0 Å². The number of thiazole rings is 2. The van der Waals surface area contributed by atoms with Crippen LogP contribution in [0.5, 0.6) is 0 Å². The second-order valence-electron chi connectivity index (χ2n) is 9.42. The smallest absolute Gasteiger partial charge is 0.124 e. The minimum absolute atomic E-state index is 0.368. The van der Waals surface area contributed by atoms with Gasteiger partial charge in [-0.05, 0) is 45.5 Å². The van der Waals surface area contributed by atoms with Crippen molar-refractivity contribution in [3.63, 3.8) is 0 Å². The van der Waals surface area contributed by atoms with Gasteiger partial charge in [0, 0.05) is 5.56 Å². The van der Waals surface area contributed by atoms with Gasteiger partial charge >= 0.3 is 0 Å². The third kappa shape index (κ3) is 2.91. The SMILES string of the molecule is c1ccc(C2(c3ccc(-c4nc5ccc6scnc6c5s4)cc3)c3ccccc3-c3ccccc32)cc1. The summed E-state index contributed by atoms with van der Waals surface area (Å²) in [4.78, 5) is 9.56. The normalized spacial score (nSPS) is 13.6. The van der Waals surface area contributed by atoms with Crippen LogP contribution in [0, 0.1) is 0 Å². The van der Waals surface area contributed by atoms with Gasteiger partial charge in [0.25, 0.3) is 0 Å². The first kappa shape index (κ1) is 21.0. The summed E-state index contributed by atoms with van der Waals surface area (Å²) in [7, 11) is 0. The summed E-state index contributed by atoms with van der Waals surface area (Å²) in [5.74, 6) is 0. The highest BCUT2D eigenvalue weighted by Gasteiger charge is 2.45. The minimum Gasteiger partial charge on any atom is -0.243 e. The Balaban J connectivity index is 1.34. The summed E-state index contributed by atoms with van der Waals surface area (Å²) in [5, 5.41) is 1.03. The molecule has 7 aromatic rings. The molecule has 0 radical (unpaired) electrons. The molecule has 2 aromatic heterocycles. The molecule has 0 amide bonds. The molecule has 0 bridgehead atoms. The lowest BCUT2D eigenvalue weighted by Crippen LogP contribution is -2.28. The molecule has 0 fully saturated rings. The van der Waals surface area contributed by atoms with Crippen molar-refractivity contribution in [2.75, 3.05) is 0 Å². The molecule has 0 aliphatic heterocycles. The average Bonchev–Trinajstić information content (AvgIpc) is 3.68. The number of hydrogen-bond donors (Lipinski definition) is 0. The Kier molecular flexibility index (Phi) is 4.51. The van der Waals surface area contributed by atoms with Crippen LogP contribution < -0.4 is 0 Å². The summed E-state index contributed by atoms with van der Waals surface area (Å²) < 4.78 is 2.37. The number of aromatic nitrogens is 2. The van der Waals surface area contributed by atoms with Crippen molar-refractivity contribution in [3.8, 4) is 21.7 Å². The summed E-state index contributed by atoms with van der Waals surface area (Å²) in [5.41, 5.74) is 12.6. The molecule has 0 spiro atoms. The maximum Gasteiger partial charge on any atom is 0.124 e. The quantitative estimate of drug-likeness (QED) is 0.238. The van der Waals surface area contributed by atoms with Crippen molar-refractivity contribution in [1.82, 2.24) is 9.97 Å². The van der Waals surface area contributed by atoms with E-state index in [2.05, 4.69) is 120 Å². The molecule has 37 heavy (non-hydrogen) atoms. The van der Waals surface area contributed by atoms with Gasteiger partial charge in [0.1, 0.15) is 10.5 Å². The molecular weight excluding hydrogens is 489 g/mol. The van der Waals surface area contributed by atoms with Gasteiger partial charge in [-0.3, -0.25) is 0 Å². The Morgan fingerprint density at radius 3 is 1.97 bits per heavy atom. The topological polar surface area (TPSA) is 25.8 Å². The molecule has 5 aromatic carbocycles. The second kappa shape index (κ2) is 7.94. The lowest BCUT2D eigenvalue weighted by atomic mass is 9.67. The maximum atomic E-state index is 4.97. The van der Waals surface area contributed by atoms with Crippen LogP contribution >= 0.6 is 22.7 Å². The summed E-state index contributed by atoms with van der Waals surface area (Å²) in [6.45, 7) is 0. The highest BCUT2D eigenvalue weighted by Crippen LogP contribution is 2.56. The largest absolute Gasteiger partial charge is 0.243 e. The molecule has 0 saturated heterocycles. The Bertz CT molecular complexity index is 1890. The van der Waals surface area contributed by atoms with Crippen molar-refractivity contribution < 1.29 is 0 Å². The van der Waals surface area contributed by atoms with Crippen molar-refractivity contribution in [3.05, 3.63) is 143 Å². The third-order valence-corrected chi connectivity index (χ3v) is 9.50. The number of nitrogens with zero attached hydrogens (tertiary/aromatic N) is 2. The molecule has 174 valence electrons. The van der Waals surface area contributed by atoms with Crippen molar-refractivity contribution >= 4 is 43.1 Å².